The first kappa shape index (κ1) is 24.7. The molecule has 0 saturated carbocycles. The third kappa shape index (κ3) is 4.40. The van der Waals surface area contributed by atoms with Gasteiger partial charge in [0.1, 0.15) is 17.3 Å². The molecule has 37 heavy (non-hydrogen) atoms. The summed E-state index contributed by atoms with van der Waals surface area (Å²) in [6, 6.07) is 9.64. The molecule has 11 heteroatoms. The van der Waals surface area contributed by atoms with Crippen LogP contribution in [0.5, 0.6) is 0 Å². The monoisotopic (exact) mass is 524 g/mol. The van der Waals surface area contributed by atoms with Crippen molar-refractivity contribution in [2.45, 2.75) is 24.2 Å². The largest absolute Gasteiger partial charge is 0.366 e. The van der Waals surface area contributed by atoms with Crippen molar-refractivity contribution in [2.75, 3.05) is 13.1 Å². The average Bonchev–Trinajstić information content (AvgIpc) is 3.32. The third-order valence-corrected chi connectivity index (χ3v) is 8.41. The molecule has 0 bridgehead atoms. The normalized spacial score (nSPS) is 14.6. The van der Waals surface area contributed by atoms with E-state index in [0.29, 0.717) is 35.2 Å². The minimum Gasteiger partial charge on any atom is -0.366 e. The lowest BCUT2D eigenvalue weighted by molar-refractivity contribution is 0.0996. The van der Waals surface area contributed by atoms with Gasteiger partial charge in [-0.1, -0.05) is 18.6 Å². The van der Waals surface area contributed by atoms with E-state index in [1.165, 1.54) is 28.8 Å². The maximum absolute atomic E-state index is 14.8. The fraction of sp³-hybridized carbons (Fsp3) is 0.192. The maximum Gasteiger partial charge on any atom is 0.251 e. The van der Waals surface area contributed by atoms with Gasteiger partial charge >= 0.3 is 0 Å². The molecule has 0 spiro atoms. The molecule has 190 valence electrons. The number of rotatable bonds is 6. The number of aromatic nitrogens is 2. The maximum atomic E-state index is 14.8. The number of piperidine rings is 1. The first-order chi connectivity index (χ1) is 17.7. The number of sulfonamides is 1. The predicted molar refractivity (Wildman–Crippen MR) is 132 cm³/mol. The lowest BCUT2D eigenvalue weighted by Gasteiger charge is -2.25. The standard InChI is InChI=1S/C26H22F2N4O4S/c27-21-9-8-18(25(29)34)23(28)22(21)24(33)20-14-31-26-19(20)12-16(13-30-26)15-4-6-17(7-5-15)37(35,36)32-10-2-1-3-11-32/h4-9,12-14H,1-3,10-11H2,(H2,29,34)(H,30,31). The van der Waals surface area contributed by atoms with Gasteiger partial charge in [0.2, 0.25) is 15.8 Å². The number of H-pyrrole nitrogens is 1. The number of nitrogens with one attached hydrogen (secondary N) is 1. The van der Waals surface area contributed by atoms with E-state index >= 15 is 0 Å². The van der Waals surface area contributed by atoms with E-state index in [1.54, 1.807) is 18.2 Å². The fourth-order valence-electron chi connectivity index (χ4n) is 4.51. The first-order valence-electron chi connectivity index (χ1n) is 11.6. The van der Waals surface area contributed by atoms with Gasteiger partial charge in [-0.2, -0.15) is 4.31 Å². The Balaban J connectivity index is 1.50. The Morgan fingerprint density at radius 3 is 2.32 bits per heavy atom. The van der Waals surface area contributed by atoms with E-state index in [2.05, 4.69) is 9.97 Å². The number of carbonyl (C=O) groups is 2. The van der Waals surface area contributed by atoms with Crippen LogP contribution in [0.3, 0.4) is 0 Å². The van der Waals surface area contributed by atoms with Crippen molar-refractivity contribution in [2.24, 2.45) is 5.73 Å². The lowest BCUT2D eigenvalue weighted by Crippen LogP contribution is -2.35. The molecule has 4 aromatic rings. The van der Waals surface area contributed by atoms with Crippen LogP contribution in [0.4, 0.5) is 8.78 Å². The molecule has 1 aliphatic rings. The Hall–Kier alpha value is -3.96. The molecule has 2 aromatic heterocycles. The van der Waals surface area contributed by atoms with Crippen molar-refractivity contribution >= 4 is 32.7 Å². The average molecular weight is 525 g/mol. The Morgan fingerprint density at radius 2 is 1.65 bits per heavy atom. The molecule has 1 saturated heterocycles. The number of carbonyl (C=O) groups excluding carboxylic acids is 2. The summed E-state index contributed by atoms with van der Waals surface area (Å²) in [5, 5.41) is 0.302. The van der Waals surface area contributed by atoms with Gasteiger partial charge in [-0.05, 0) is 48.7 Å². The van der Waals surface area contributed by atoms with E-state index in [0.717, 1.165) is 31.4 Å². The number of pyridine rings is 1. The number of amides is 1. The van der Waals surface area contributed by atoms with Gasteiger partial charge in [0, 0.05) is 42.0 Å². The van der Waals surface area contributed by atoms with Gasteiger partial charge < -0.3 is 10.7 Å². The highest BCUT2D eigenvalue weighted by molar-refractivity contribution is 7.89. The molecular weight excluding hydrogens is 502 g/mol. The molecular formula is C26H22F2N4O4S. The van der Waals surface area contributed by atoms with E-state index in [-0.39, 0.29) is 10.5 Å². The van der Waals surface area contributed by atoms with Gasteiger partial charge in [-0.25, -0.2) is 22.2 Å². The smallest absolute Gasteiger partial charge is 0.251 e. The second-order valence-corrected chi connectivity index (χ2v) is 10.7. The van der Waals surface area contributed by atoms with Crippen molar-refractivity contribution in [1.29, 1.82) is 0 Å². The number of fused-ring (bicyclic) bond motifs is 1. The number of nitrogens with zero attached hydrogens (tertiary/aromatic N) is 2. The van der Waals surface area contributed by atoms with Crippen LogP contribution in [-0.4, -0.2) is 47.5 Å². The second-order valence-electron chi connectivity index (χ2n) is 8.79. The summed E-state index contributed by atoms with van der Waals surface area (Å²) in [4.78, 5) is 31.9. The number of benzene rings is 2. The van der Waals surface area contributed by atoms with Crippen LogP contribution in [0, 0.1) is 11.6 Å². The summed E-state index contributed by atoms with van der Waals surface area (Å²) >= 11 is 0. The molecule has 0 aliphatic carbocycles. The highest BCUT2D eigenvalue weighted by atomic mass is 32.2. The zero-order valence-electron chi connectivity index (χ0n) is 19.5. The van der Waals surface area contributed by atoms with Gasteiger partial charge in [0.05, 0.1) is 16.0 Å². The molecule has 5 rings (SSSR count). The van der Waals surface area contributed by atoms with Crippen LogP contribution in [0.2, 0.25) is 0 Å². The number of halogens is 2. The summed E-state index contributed by atoms with van der Waals surface area (Å²) in [6.07, 6.45) is 5.51. The zero-order valence-corrected chi connectivity index (χ0v) is 20.3. The first-order valence-corrected chi connectivity index (χ1v) is 13.0. The molecule has 0 atom stereocenters. The molecule has 8 nitrogen and oxygen atoms in total. The fourth-order valence-corrected chi connectivity index (χ4v) is 6.03. The Labute approximate surface area is 211 Å². The summed E-state index contributed by atoms with van der Waals surface area (Å²) in [5.41, 5.74) is 5.11. The van der Waals surface area contributed by atoms with E-state index in [9.17, 15) is 26.8 Å². The number of aromatic amines is 1. The van der Waals surface area contributed by atoms with Crippen LogP contribution >= 0.6 is 0 Å². The summed E-state index contributed by atoms with van der Waals surface area (Å²) in [7, 11) is -3.59. The third-order valence-electron chi connectivity index (χ3n) is 6.50. The van der Waals surface area contributed by atoms with Crippen LogP contribution < -0.4 is 5.73 Å². The predicted octanol–water partition coefficient (Wildman–Crippen LogP) is 4.01. The summed E-state index contributed by atoms with van der Waals surface area (Å²) in [5.74, 6) is -4.57. The molecule has 3 N–H and O–H groups in total. The van der Waals surface area contributed by atoms with Crippen molar-refractivity contribution < 1.29 is 26.8 Å². The SMILES string of the molecule is NC(=O)c1ccc(F)c(C(=O)c2c[nH]c3ncc(-c4ccc(S(=O)(=O)N5CCCCC5)cc4)cc23)c1F. The molecule has 1 amide bonds. The summed E-state index contributed by atoms with van der Waals surface area (Å²) in [6.45, 7) is 0.997. The van der Waals surface area contributed by atoms with Crippen molar-refractivity contribution in [3.63, 3.8) is 0 Å². The molecule has 1 fully saturated rings. The number of primary amides is 1. The van der Waals surface area contributed by atoms with Gasteiger partial charge in [0.15, 0.2) is 0 Å². The molecule has 0 unspecified atom stereocenters. The lowest BCUT2D eigenvalue weighted by atomic mass is 9.98. The quantitative estimate of drug-likeness (QED) is 0.369. The van der Waals surface area contributed by atoms with E-state index in [1.807, 2.05) is 0 Å². The highest BCUT2D eigenvalue weighted by Gasteiger charge is 2.27. The topological polar surface area (TPSA) is 126 Å². The second kappa shape index (κ2) is 9.49. The number of nitrogens with two attached hydrogens (primary N) is 1. The highest BCUT2D eigenvalue weighted by Crippen LogP contribution is 2.29. The molecule has 1 aliphatic heterocycles. The van der Waals surface area contributed by atoms with Crippen LogP contribution in [0.25, 0.3) is 22.2 Å². The van der Waals surface area contributed by atoms with Gasteiger partial charge in [-0.15, -0.1) is 0 Å². The Kier molecular flexibility index (Phi) is 6.34. The van der Waals surface area contributed by atoms with Gasteiger partial charge in [-0.3, -0.25) is 9.59 Å². The Bertz CT molecular complexity index is 1640. The summed E-state index contributed by atoms with van der Waals surface area (Å²) < 4.78 is 56.6. The number of hydrogen-bond acceptors (Lipinski definition) is 5. The molecule has 0 radical (unpaired) electrons. The van der Waals surface area contributed by atoms with Crippen molar-refractivity contribution in [1.82, 2.24) is 14.3 Å². The number of hydrogen-bond donors (Lipinski definition) is 2. The van der Waals surface area contributed by atoms with Crippen LogP contribution in [0.15, 0.2) is 59.8 Å². The van der Waals surface area contributed by atoms with E-state index in [4.69, 9.17) is 5.73 Å². The Morgan fingerprint density at radius 1 is 0.946 bits per heavy atom. The van der Waals surface area contributed by atoms with Gasteiger partial charge in [0.25, 0.3) is 5.91 Å². The van der Waals surface area contributed by atoms with Crippen molar-refractivity contribution in [3.05, 3.63) is 83.2 Å². The minimum absolute atomic E-state index is 0.0481. The van der Waals surface area contributed by atoms with Crippen LogP contribution in [-0.2, 0) is 10.0 Å². The minimum atomic E-state index is -3.59. The van der Waals surface area contributed by atoms with E-state index < -0.39 is 44.5 Å². The number of ketones is 1. The zero-order chi connectivity index (χ0) is 26.3. The van der Waals surface area contributed by atoms with Crippen molar-refractivity contribution in [3.8, 4) is 11.1 Å². The molecule has 3 heterocycles. The molecule has 2 aromatic carbocycles. The van der Waals surface area contributed by atoms with Crippen LogP contribution in [0.1, 0.15) is 45.5 Å².